The van der Waals surface area contributed by atoms with Gasteiger partial charge in [-0.05, 0) is 42.3 Å². The number of anilines is 2. The molecule has 0 aliphatic rings. The molecule has 0 aliphatic heterocycles. The van der Waals surface area contributed by atoms with E-state index in [2.05, 4.69) is 22.3 Å². The molecule has 4 heteroatoms. The summed E-state index contributed by atoms with van der Waals surface area (Å²) in [6.07, 6.45) is 0. The van der Waals surface area contributed by atoms with Gasteiger partial charge in [0.05, 0.1) is 18.5 Å². The van der Waals surface area contributed by atoms with Crippen molar-refractivity contribution in [1.29, 1.82) is 0 Å². The van der Waals surface area contributed by atoms with Gasteiger partial charge in [0.25, 0.3) is 0 Å². The van der Waals surface area contributed by atoms with Crippen molar-refractivity contribution >= 4 is 23.0 Å². The highest BCUT2D eigenvalue weighted by atomic mass is 35.5. The molecule has 112 valence electrons. The Morgan fingerprint density at radius 1 is 1.14 bits per heavy atom. The van der Waals surface area contributed by atoms with E-state index in [-0.39, 0.29) is 0 Å². The highest BCUT2D eigenvalue weighted by Gasteiger charge is 2.06. The lowest BCUT2D eigenvalue weighted by Gasteiger charge is -2.19. The van der Waals surface area contributed by atoms with Crippen LogP contribution in [0.5, 0.6) is 5.75 Å². The average Bonchev–Trinajstić information content (AvgIpc) is 2.45. The van der Waals surface area contributed by atoms with Crippen molar-refractivity contribution in [3.05, 3.63) is 52.5 Å². The Bertz CT molecular complexity index is 626. The molecule has 0 aromatic heterocycles. The van der Waals surface area contributed by atoms with E-state index in [1.54, 1.807) is 7.11 Å². The molecule has 0 aliphatic carbocycles. The van der Waals surface area contributed by atoms with E-state index >= 15 is 0 Å². The molecule has 2 aromatic carbocycles. The zero-order valence-corrected chi connectivity index (χ0v) is 13.7. The van der Waals surface area contributed by atoms with Gasteiger partial charge in [0.1, 0.15) is 5.75 Å². The van der Waals surface area contributed by atoms with Gasteiger partial charge in [-0.1, -0.05) is 23.7 Å². The first-order valence-electron chi connectivity index (χ1n) is 6.85. The van der Waals surface area contributed by atoms with Crippen molar-refractivity contribution in [1.82, 2.24) is 0 Å². The van der Waals surface area contributed by atoms with Gasteiger partial charge in [0.15, 0.2) is 0 Å². The molecule has 21 heavy (non-hydrogen) atoms. The molecule has 2 rings (SSSR count). The molecule has 0 amide bonds. The second-order valence-corrected chi connectivity index (χ2v) is 5.65. The van der Waals surface area contributed by atoms with E-state index < -0.39 is 0 Å². The summed E-state index contributed by atoms with van der Waals surface area (Å²) in [5, 5.41) is 4.18. The molecule has 1 N–H and O–H groups in total. The largest absolute Gasteiger partial charge is 0.496 e. The molecule has 0 radical (unpaired) electrons. The highest BCUT2D eigenvalue weighted by Crippen LogP contribution is 2.28. The van der Waals surface area contributed by atoms with Crippen molar-refractivity contribution in [3.8, 4) is 5.75 Å². The molecule has 0 spiro atoms. The van der Waals surface area contributed by atoms with E-state index in [0.717, 1.165) is 34.3 Å². The number of benzene rings is 2. The predicted octanol–water partition coefficient (Wildman–Crippen LogP) is 4.34. The predicted molar refractivity (Wildman–Crippen MR) is 90.8 cm³/mol. The highest BCUT2D eigenvalue weighted by molar-refractivity contribution is 6.31. The zero-order valence-electron chi connectivity index (χ0n) is 12.9. The Labute approximate surface area is 131 Å². The van der Waals surface area contributed by atoms with Crippen molar-refractivity contribution in [2.45, 2.75) is 13.5 Å². The zero-order chi connectivity index (χ0) is 15.4. The molecule has 0 atom stereocenters. The lowest BCUT2D eigenvalue weighted by atomic mass is 10.1. The van der Waals surface area contributed by atoms with Crippen LogP contribution in [0.2, 0.25) is 5.02 Å². The minimum Gasteiger partial charge on any atom is -0.496 e. The number of methoxy groups -OCH3 is 1. The smallest absolute Gasteiger partial charge is 0.121 e. The maximum atomic E-state index is 6.09. The fourth-order valence-corrected chi connectivity index (χ4v) is 2.46. The van der Waals surface area contributed by atoms with Gasteiger partial charge < -0.3 is 15.0 Å². The minimum absolute atomic E-state index is 0.731. The Morgan fingerprint density at radius 3 is 2.52 bits per heavy atom. The minimum atomic E-state index is 0.731. The van der Waals surface area contributed by atoms with Gasteiger partial charge in [0, 0.05) is 25.7 Å². The average molecular weight is 305 g/mol. The molecular formula is C17H21ClN2O. The van der Waals surface area contributed by atoms with Crippen LogP contribution >= 0.6 is 11.6 Å². The molecule has 0 saturated carbocycles. The van der Waals surface area contributed by atoms with Crippen LogP contribution in [0.4, 0.5) is 11.4 Å². The SMILES string of the molecule is COc1ccc(CNc2cc(Cl)ccc2N(C)C)cc1C. The second-order valence-electron chi connectivity index (χ2n) is 5.21. The lowest BCUT2D eigenvalue weighted by molar-refractivity contribution is 0.411. The maximum absolute atomic E-state index is 6.09. The summed E-state index contributed by atoms with van der Waals surface area (Å²) in [4.78, 5) is 2.07. The summed E-state index contributed by atoms with van der Waals surface area (Å²) in [6, 6.07) is 12.1. The molecule has 2 aromatic rings. The third-order valence-electron chi connectivity index (χ3n) is 3.38. The Hall–Kier alpha value is -1.87. The van der Waals surface area contributed by atoms with Crippen LogP contribution in [0.3, 0.4) is 0 Å². The summed E-state index contributed by atoms with van der Waals surface area (Å²) in [5.74, 6) is 0.912. The quantitative estimate of drug-likeness (QED) is 0.889. The number of ether oxygens (including phenoxy) is 1. The van der Waals surface area contributed by atoms with E-state index in [4.69, 9.17) is 16.3 Å². The fourth-order valence-electron chi connectivity index (χ4n) is 2.29. The Kier molecular flexibility index (Phi) is 4.97. The number of hydrogen-bond acceptors (Lipinski definition) is 3. The van der Waals surface area contributed by atoms with Crippen LogP contribution in [-0.2, 0) is 6.54 Å². The van der Waals surface area contributed by atoms with Crippen LogP contribution in [0, 0.1) is 6.92 Å². The van der Waals surface area contributed by atoms with Crippen LogP contribution in [0.15, 0.2) is 36.4 Å². The first-order chi connectivity index (χ1) is 10.0. The molecule has 0 saturated heterocycles. The summed E-state index contributed by atoms with van der Waals surface area (Å²) < 4.78 is 5.28. The second kappa shape index (κ2) is 6.72. The van der Waals surface area contributed by atoms with Gasteiger partial charge in [-0.3, -0.25) is 0 Å². The van der Waals surface area contributed by atoms with E-state index in [0.29, 0.717) is 0 Å². The van der Waals surface area contributed by atoms with E-state index in [1.165, 1.54) is 5.56 Å². The van der Waals surface area contributed by atoms with Gasteiger partial charge in [-0.25, -0.2) is 0 Å². The number of rotatable bonds is 5. The number of nitrogens with one attached hydrogen (secondary N) is 1. The molecule has 0 unspecified atom stereocenters. The Morgan fingerprint density at radius 2 is 1.90 bits per heavy atom. The molecule has 0 bridgehead atoms. The van der Waals surface area contributed by atoms with Gasteiger partial charge in [-0.2, -0.15) is 0 Å². The standard InChI is InChI=1S/C17H21ClN2O/c1-12-9-13(5-8-17(12)21-4)11-19-15-10-14(18)6-7-16(15)20(2)3/h5-10,19H,11H2,1-4H3. The van der Waals surface area contributed by atoms with Crippen molar-refractivity contribution in [3.63, 3.8) is 0 Å². The maximum Gasteiger partial charge on any atom is 0.121 e. The summed E-state index contributed by atoms with van der Waals surface area (Å²) in [5.41, 5.74) is 4.49. The van der Waals surface area contributed by atoms with E-state index in [9.17, 15) is 0 Å². The lowest BCUT2D eigenvalue weighted by Crippen LogP contribution is -2.12. The number of nitrogens with zero attached hydrogens (tertiary/aromatic N) is 1. The number of halogens is 1. The van der Waals surface area contributed by atoms with Crippen molar-refractivity contribution < 1.29 is 4.74 Å². The van der Waals surface area contributed by atoms with Crippen LogP contribution in [0.1, 0.15) is 11.1 Å². The third-order valence-corrected chi connectivity index (χ3v) is 3.62. The normalized spacial score (nSPS) is 10.3. The molecule has 0 fully saturated rings. The van der Waals surface area contributed by atoms with Crippen molar-refractivity contribution in [2.75, 3.05) is 31.4 Å². The van der Waals surface area contributed by atoms with Gasteiger partial charge in [0.2, 0.25) is 0 Å². The summed E-state index contributed by atoms with van der Waals surface area (Å²) in [6.45, 7) is 2.79. The van der Waals surface area contributed by atoms with Gasteiger partial charge >= 0.3 is 0 Å². The monoisotopic (exact) mass is 304 g/mol. The molecular weight excluding hydrogens is 284 g/mol. The van der Waals surface area contributed by atoms with Crippen LogP contribution in [0.25, 0.3) is 0 Å². The first kappa shape index (κ1) is 15.5. The van der Waals surface area contributed by atoms with Crippen LogP contribution in [-0.4, -0.2) is 21.2 Å². The van der Waals surface area contributed by atoms with Crippen molar-refractivity contribution in [2.24, 2.45) is 0 Å². The number of aryl methyl sites for hydroxylation is 1. The molecule has 0 heterocycles. The number of hydrogen-bond donors (Lipinski definition) is 1. The fraction of sp³-hybridized carbons (Fsp3) is 0.294. The summed E-state index contributed by atoms with van der Waals surface area (Å²) in [7, 11) is 5.73. The third kappa shape index (κ3) is 3.82. The topological polar surface area (TPSA) is 24.5 Å². The van der Waals surface area contributed by atoms with Gasteiger partial charge in [-0.15, -0.1) is 0 Å². The summed E-state index contributed by atoms with van der Waals surface area (Å²) >= 11 is 6.09. The van der Waals surface area contributed by atoms with E-state index in [1.807, 2.05) is 45.3 Å². The molecule has 3 nitrogen and oxygen atoms in total. The first-order valence-corrected chi connectivity index (χ1v) is 7.23. The van der Waals surface area contributed by atoms with Crippen LogP contribution < -0.4 is 15.0 Å². The Balaban J connectivity index is 2.16.